The first kappa shape index (κ1) is 22.3. The molecule has 5 N–H and O–H groups in total. The second-order valence-corrected chi connectivity index (χ2v) is 8.56. The maximum absolute atomic E-state index is 14.2. The van der Waals surface area contributed by atoms with E-state index in [9.17, 15) is 18.8 Å². The summed E-state index contributed by atoms with van der Waals surface area (Å²) < 4.78 is 29.2. The van der Waals surface area contributed by atoms with Gasteiger partial charge in [-0.25, -0.2) is 8.78 Å². The molecule has 5 rings (SSSR count). The van der Waals surface area contributed by atoms with Crippen LogP contribution in [0.4, 0.5) is 26.4 Å². The first-order valence-electron chi connectivity index (χ1n) is 11.0. The fourth-order valence-corrected chi connectivity index (χ4v) is 4.49. The predicted octanol–water partition coefficient (Wildman–Crippen LogP) is 4.12. The van der Waals surface area contributed by atoms with E-state index in [-0.39, 0.29) is 34.6 Å². The average Bonchev–Trinajstić information content (AvgIpc) is 3.65. The highest BCUT2D eigenvalue weighted by Gasteiger charge is 2.34. The number of nitrogens with zero attached hydrogens (tertiary/aromatic N) is 4. The molecule has 0 aliphatic heterocycles. The van der Waals surface area contributed by atoms with Gasteiger partial charge in [0.05, 0.1) is 11.6 Å². The molecule has 1 atom stereocenters. The van der Waals surface area contributed by atoms with Gasteiger partial charge in [0.15, 0.2) is 5.82 Å². The third-order valence-corrected chi connectivity index (χ3v) is 6.15. The summed E-state index contributed by atoms with van der Waals surface area (Å²) in [7, 11) is 0. The molecule has 1 fully saturated rings. The summed E-state index contributed by atoms with van der Waals surface area (Å²) in [6.07, 6.45) is 2.80. The fourth-order valence-electron chi connectivity index (χ4n) is 4.49. The van der Waals surface area contributed by atoms with E-state index in [1.807, 2.05) is 13.0 Å². The highest BCUT2D eigenvalue weighted by atomic mass is 19.1. The molecule has 0 amide bonds. The number of nitrogens with two attached hydrogens (primary N) is 2. The topological polar surface area (TPSA) is 135 Å². The molecule has 1 saturated carbocycles. The van der Waals surface area contributed by atoms with Crippen LogP contribution in [0.3, 0.4) is 0 Å². The Balaban J connectivity index is 1.80. The van der Waals surface area contributed by atoms with Crippen molar-refractivity contribution in [3.05, 3.63) is 81.3 Å². The minimum atomic E-state index is -0.547. The van der Waals surface area contributed by atoms with Gasteiger partial charge in [0, 0.05) is 17.3 Å². The Kier molecular flexibility index (Phi) is 5.32. The molecule has 1 aliphatic carbocycles. The molecular formula is C25H21F2N7O. The first-order chi connectivity index (χ1) is 16.8. The second-order valence-electron chi connectivity index (χ2n) is 8.56. The lowest BCUT2D eigenvalue weighted by Gasteiger charge is -2.24. The van der Waals surface area contributed by atoms with E-state index in [1.54, 1.807) is 12.1 Å². The standard InChI is InChI=1S/C25H21F2N7O/c1-12(31-23-17(10-28)22(29)32-25(30)33-23)19-20(13-4-6-15(26)7-5-13)18-9-8-16(27)11-34(18)24(35)21(19)14-2-3-14/h4-9,11-12,14H,2-3H2,1H3,(H5,29,30,31,32,33)/t12-/m0/s1. The molecule has 1 aliphatic rings. The molecule has 3 heterocycles. The molecule has 176 valence electrons. The maximum atomic E-state index is 14.2. The van der Waals surface area contributed by atoms with Crippen LogP contribution in [0.1, 0.15) is 48.4 Å². The molecule has 8 nitrogen and oxygen atoms in total. The van der Waals surface area contributed by atoms with E-state index in [2.05, 4.69) is 15.3 Å². The highest BCUT2D eigenvalue weighted by Crippen LogP contribution is 2.45. The zero-order valence-corrected chi connectivity index (χ0v) is 18.7. The van der Waals surface area contributed by atoms with Crippen LogP contribution in [0.5, 0.6) is 0 Å². The lowest BCUT2D eigenvalue weighted by molar-refractivity contribution is 0.617. The Bertz CT molecular complexity index is 1570. The minimum Gasteiger partial charge on any atom is -0.382 e. The van der Waals surface area contributed by atoms with Crippen molar-refractivity contribution in [3.8, 4) is 17.2 Å². The molecule has 0 saturated heterocycles. The summed E-state index contributed by atoms with van der Waals surface area (Å²) in [4.78, 5) is 21.6. The molecule has 0 radical (unpaired) electrons. The van der Waals surface area contributed by atoms with E-state index < -0.39 is 17.7 Å². The Morgan fingerprint density at radius 2 is 1.80 bits per heavy atom. The lowest BCUT2D eigenvalue weighted by atomic mass is 9.89. The largest absolute Gasteiger partial charge is 0.382 e. The number of fused-ring (bicyclic) bond motifs is 1. The number of nitrogen functional groups attached to an aromatic ring is 2. The number of aromatic nitrogens is 3. The van der Waals surface area contributed by atoms with Crippen molar-refractivity contribution in [3.63, 3.8) is 0 Å². The molecule has 0 spiro atoms. The van der Waals surface area contributed by atoms with Crippen LogP contribution < -0.4 is 22.3 Å². The minimum absolute atomic E-state index is 0.00269. The SMILES string of the molecule is C[C@H](Nc1nc(N)nc(N)c1C#N)c1c(C2CC2)c(=O)n2cc(F)ccc2c1-c1ccc(F)cc1. The van der Waals surface area contributed by atoms with Crippen molar-refractivity contribution in [2.24, 2.45) is 0 Å². The summed E-state index contributed by atoms with van der Waals surface area (Å²) >= 11 is 0. The van der Waals surface area contributed by atoms with Gasteiger partial charge in [0.1, 0.15) is 29.1 Å². The van der Waals surface area contributed by atoms with Crippen LogP contribution >= 0.6 is 0 Å². The molecular weight excluding hydrogens is 452 g/mol. The third kappa shape index (κ3) is 3.91. The van der Waals surface area contributed by atoms with Gasteiger partial charge >= 0.3 is 0 Å². The van der Waals surface area contributed by atoms with Gasteiger partial charge in [-0.05, 0) is 61.1 Å². The van der Waals surface area contributed by atoms with Gasteiger partial charge in [-0.1, -0.05) is 12.1 Å². The number of nitriles is 1. The normalized spacial score (nSPS) is 14.0. The summed E-state index contributed by atoms with van der Waals surface area (Å²) in [5, 5.41) is 12.8. The molecule has 1 aromatic carbocycles. The van der Waals surface area contributed by atoms with Crippen LogP contribution in [-0.4, -0.2) is 14.4 Å². The van der Waals surface area contributed by atoms with E-state index in [0.29, 0.717) is 27.8 Å². The Labute approximate surface area is 198 Å². The predicted molar refractivity (Wildman–Crippen MR) is 129 cm³/mol. The van der Waals surface area contributed by atoms with Gasteiger partial charge in [0.25, 0.3) is 5.56 Å². The number of hydrogen-bond donors (Lipinski definition) is 3. The van der Waals surface area contributed by atoms with Crippen LogP contribution in [0, 0.1) is 23.0 Å². The van der Waals surface area contributed by atoms with Crippen LogP contribution in [0.15, 0.2) is 47.4 Å². The van der Waals surface area contributed by atoms with Crippen molar-refractivity contribution in [2.75, 3.05) is 16.8 Å². The summed E-state index contributed by atoms with van der Waals surface area (Å²) in [6, 6.07) is 10.1. The Morgan fingerprint density at radius 1 is 1.11 bits per heavy atom. The zero-order chi connectivity index (χ0) is 24.9. The average molecular weight is 473 g/mol. The zero-order valence-electron chi connectivity index (χ0n) is 18.7. The first-order valence-corrected chi connectivity index (χ1v) is 11.0. The summed E-state index contributed by atoms with van der Waals surface area (Å²) in [5.74, 6) is -0.988. The van der Waals surface area contributed by atoms with Crippen molar-refractivity contribution in [1.82, 2.24) is 14.4 Å². The lowest BCUT2D eigenvalue weighted by Crippen LogP contribution is -2.25. The van der Waals surface area contributed by atoms with Crippen molar-refractivity contribution >= 4 is 23.1 Å². The number of rotatable bonds is 5. The Morgan fingerprint density at radius 3 is 2.46 bits per heavy atom. The van der Waals surface area contributed by atoms with Crippen molar-refractivity contribution in [2.45, 2.75) is 31.7 Å². The van der Waals surface area contributed by atoms with Crippen LogP contribution in [-0.2, 0) is 0 Å². The Hall–Kier alpha value is -4.52. The number of anilines is 3. The van der Waals surface area contributed by atoms with Crippen LogP contribution in [0.25, 0.3) is 16.6 Å². The summed E-state index contributed by atoms with van der Waals surface area (Å²) in [6.45, 7) is 1.82. The molecule has 35 heavy (non-hydrogen) atoms. The maximum Gasteiger partial charge on any atom is 0.259 e. The number of halogens is 2. The fraction of sp³-hybridized carbons (Fsp3) is 0.200. The van der Waals surface area contributed by atoms with E-state index in [4.69, 9.17) is 11.5 Å². The quantitative estimate of drug-likeness (QED) is 0.397. The van der Waals surface area contributed by atoms with Gasteiger partial charge in [0.2, 0.25) is 5.95 Å². The highest BCUT2D eigenvalue weighted by molar-refractivity contribution is 5.85. The van der Waals surface area contributed by atoms with Crippen LogP contribution in [0.2, 0.25) is 0 Å². The number of hydrogen-bond acceptors (Lipinski definition) is 7. The molecule has 0 bridgehead atoms. The van der Waals surface area contributed by atoms with Crippen molar-refractivity contribution < 1.29 is 8.78 Å². The molecule has 0 unspecified atom stereocenters. The second kappa shape index (κ2) is 8.36. The monoisotopic (exact) mass is 473 g/mol. The number of benzene rings is 1. The summed E-state index contributed by atoms with van der Waals surface area (Å²) in [5.41, 5.74) is 14.3. The van der Waals surface area contributed by atoms with Gasteiger partial charge < -0.3 is 16.8 Å². The number of nitrogens with one attached hydrogen (secondary N) is 1. The van der Waals surface area contributed by atoms with Gasteiger partial charge in [-0.2, -0.15) is 15.2 Å². The van der Waals surface area contributed by atoms with E-state index >= 15 is 0 Å². The number of pyridine rings is 2. The van der Waals surface area contributed by atoms with E-state index in [0.717, 1.165) is 19.0 Å². The molecule has 4 aromatic rings. The third-order valence-electron chi connectivity index (χ3n) is 6.15. The van der Waals surface area contributed by atoms with E-state index in [1.165, 1.54) is 28.7 Å². The van der Waals surface area contributed by atoms with Crippen molar-refractivity contribution in [1.29, 1.82) is 5.26 Å². The molecule has 3 aromatic heterocycles. The molecule has 10 heteroatoms. The van der Waals surface area contributed by atoms with Gasteiger partial charge in [-0.15, -0.1) is 0 Å². The van der Waals surface area contributed by atoms with Gasteiger partial charge in [-0.3, -0.25) is 9.20 Å². The smallest absolute Gasteiger partial charge is 0.259 e.